The van der Waals surface area contributed by atoms with Gasteiger partial charge in [0.1, 0.15) is 0 Å². The van der Waals surface area contributed by atoms with Crippen LogP contribution < -0.4 is 10.6 Å². The van der Waals surface area contributed by atoms with Crippen LogP contribution in [0.4, 0.5) is 0 Å². The molecule has 1 saturated carbocycles. The van der Waals surface area contributed by atoms with Gasteiger partial charge in [-0.15, -0.1) is 0 Å². The molecule has 0 aromatic rings. The van der Waals surface area contributed by atoms with Crippen LogP contribution in [0.2, 0.25) is 0 Å². The molecular formula is C13H28N2. The standard InChI is InChI=1S/C13H28N2/c1-12(2)11-14-9-5-6-10-15-13-7-3-4-8-13/h12-15H,3-11H2,1-2H3. The molecule has 0 saturated heterocycles. The summed E-state index contributed by atoms with van der Waals surface area (Å²) in [5.74, 6) is 0.779. The van der Waals surface area contributed by atoms with Gasteiger partial charge in [-0.3, -0.25) is 0 Å². The largest absolute Gasteiger partial charge is 0.316 e. The Balaban J connectivity index is 1.76. The van der Waals surface area contributed by atoms with Crippen molar-refractivity contribution < 1.29 is 0 Å². The second-order valence-corrected chi connectivity index (χ2v) is 5.24. The van der Waals surface area contributed by atoms with Gasteiger partial charge in [0, 0.05) is 6.04 Å². The molecule has 0 radical (unpaired) electrons. The van der Waals surface area contributed by atoms with Crippen LogP contribution >= 0.6 is 0 Å². The number of hydrogen-bond acceptors (Lipinski definition) is 2. The van der Waals surface area contributed by atoms with Crippen molar-refractivity contribution in [1.29, 1.82) is 0 Å². The highest BCUT2D eigenvalue weighted by atomic mass is 14.9. The van der Waals surface area contributed by atoms with Crippen molar-refractivity contribution in [2.75, 3.05) is 19.6 Å². The van der Waals surface area contributed by atoms with Crippen LogP contribution in [0.15, 0.2) is 0 Å². The van der Waals surface area contributed by atoms with Crippen molar-refractivity contribution in [2.45, 2.75) is 58.4 Å². The molecule has 0 aromatic carbocycles. The molecule has 2 N–H and O–H groups in total. The van der Waals surface area contributed by atoms with Gasteiger partial charge in [0.25, 0.3) is 0 Å². The monoisotopic (exact) mass is 212 g/mol. The van der Waals surface area contributed by atoms with E-state index >= 15 is 0 Å². The minimum atomic E-state index is 0.779. The van der Waals surface area contributed by atoms with E-state index in [1.165, 1.54) is 51.6 Å². The van der Waals surface area contributed by atoms with E-state index in [1.54, 1.807) is 0 Å². The van der Waals surface area contributed by atoms with Gasteiger partial charge < -0.3 is 10.6 Å². The molecule has 1 aliphatic rings. The van der Waals surface area contributed by atoms with Crippen molar-refractivity contribution in [3.05, 3.63) is 0 Å². The number of nitrogens with one attached hydrogen (secondary N) is 2. The zero-order valence-electron chi connectivity index (χ0n) is 10.5. The summed E-state index contributed by atoms with van der Waals surface area (Å²) in [6, 6.07) is 0.841. The highest BCUT2D eigenvalue weighted by molar-refractivity contribution is 4.73. The third kappa shape index (κ3) is 6.91. The van der Waals surface area contributed by atoms with Gasteiger partial charge in [0.15, 0.2) is 0 Å². The zero-order chi connectivity index (χ0) is 10.9. The maximum Gasteiger partial charge on any atom is 0.00670 e. The lowest BCUT2D eigenvalue weighted by molar-refractivity contribution is 0.490. The fourth-order valence-corrected chi connectivity index (χ4v) is 2.20. The van der Waals surface area contributed by atoms with Crippen LogP contribution in [0.5, 0.6) is 0 Å². The molecule has 0 amide bonds. The first-order chi connectivity index (χ1) is 7.29. The average Bonchev–Trinajstić information content (AvgIpc) is 2.68. The van der Waals surface area contributed by atoms with Gasteiger partial charge >= 0.3 is 0 Å². The third-order valence-corrected chi connectivity index (χ3v) is 3.12. The molecule has 1 fully saturated rings. The van der Waals surface area contributed by atoms with Crippen LogP contribution in [0.25, 0.3) is 0 Å². The predicted molar refractivity (Wildman–Crippen MR) is 67.2 cm³/mol. The molecule has 0 bridgehead atoms. The second-order valence-electron chi connectivity index (χ2n) is 5.24. The van der Waals surface area contributed by atoms with Crippen molar-refractivity contribution in [2.24, 2.45) is 5.92 Å². The van der Waals surface area contributed by atoms with Gasteiger partial charge in [-0.2, -0.15) is 0 Å². The minimum Gasteiger partial charge on any atom is -0.316 e. The Labute approximate surface area is 95.2 Å². The summed E-state index contributed by atoms with van der Waals surface area (Å²) in [4.78, 5) is 0. The Morgan fingerprint density at radius 3 is 2.40 bits per heavy atom. The summed E-state index contributed by atoms with van der Waals surface area (Å²) in [6.45, 7) is 8.08. The van der Waals surface area contributed by atoms with E-state index in [9.17, 15) is 0 Å². The molecule has 0 spiro atoms. The Bertz CT molecular complexity index is 139. The summed E-state index contributed by atoms with van der Waals surface area (Å²) >= 11 is 0. The lowest BCUT2D eigenvalue weighted by Crippen LogP contribution is -2.28. The van der Waals surface area contributed by atoms with E-state index in [0.717, 1.165) is 18.5 Å². The molecule has 15 heavy (non-hydrogen) atoms. The molecule has 90 valence electrons. The molecule has 1 rings (SSSR count). The van der Waals surface area contributed by atoms with Gasteiger partial charge in [0.05, 0.1) is 0 Å². The fraction of sp³-hybridized carbons (Fsp3) is 1.00. The van der Waals surface area contributed by atoms with Gasteiger partial charge in [-0.1, -0.05) is 26.7 Å². The fourth-order valence-electron chi connectivity index (χ4n) is 2.20. The predicted octanol–water partition coefficient (Wildman–Crippen LogP) is 2.54. The van der Waals surface area contributed by atoms with Crippen LogP contribution in [0.1, 0.15) is 52.4 Å². The minimum absolute atomic E-state index is 0.779. The summed E-state index contributed by atoms with van der Waals surface area (Å²) in [6.07, 6.45) is 8.33. The Morgan fingerprint density at radius 1 is 1.07 bits per heavy atom. The molecule has 0 unspecified atom stereocenters. The van der Waals surface area contributed by atoms with Crippen molar-refractivity contribution in [1.82, 2.24) is 10.6 Å². The first-order valence-electron chi connectivity index (χ1n) is 6.73. The van der Waals surface area contributed by atoms with E-state index in [0.29, 0.717) is 0 Å². The van der Waals surface area contributed by atoms with E-state index in [2.05, 4.69) is 24.5 Å². The van der Waals surface area contributed by atoms with Crippen LogP contribution in [-0.2, 0) is 0 Å². The van der Waals surface area contributed by atoms with Crippen LogP contribution in [-0.4, -0.2) is 25.7 Å². The van der Waals surface area contributed by atoms with E-state index in [-0.39, 0.29) is 0 Å². The SMILES string of the molecule is CC(C)CNCCCCNC1CCCC1. The van der Waals surface area contributed by atoms with Crippen molar-refractivity contribution in [3.8, 4) is 0 Å². The Hall–Kier alpha value is -0.0800. The lowest BCUT2D eigenvalue weighted by atomic mass is 10.2. The molecule has 2 heteroatoms. The number of hydrogen-bond donors (Lipinski definition) is 2. The summed E-state index contributed by atoms with van der Waals surface area (Å²) in [5, 5.41) is 7.14. The van der Waals surface area contributed by atoms with Gasteiger partial charge in [-0.05, 0) is 51.2 Å². The highest BCUT2D eigenvalue weighted by Gasteiger charge is 2.12. The smallest absolute Gasteiger partial charge is 0.00670 e. The zero-order valence-corrected chi connectivity index (χ0v) is 10.5. The first kappa shape index (κ1) is 13.0. The summed E-state index contributed by atoms with van der Waals surface area (Å²) < 4.78 is 0. The van der Waals surface area contributed by atoms with E-state index < -0.39 is 0 Å². The Kier molecular flexibility index (Phi) is 7.03. The molecular weight excluding hydrogens is 184 g/mol. The van der Waals surface area contributed by atoms with E-state index in [4.69, 9.17) is 0 Å². The number of rotatable bonds is 8. The maximum atomic E-state index is 3.65. The molecule has 0 aromatic heterocycles. The summed E-state index contributed by atoms with van der Waals surface area (Å²) in [7, 11) is 0. The lowest BCUT2D eigenvalue weighted by Gasteiger charge is -2.11. The molecule has 0 aliphatic heterocycles. The second kappa shape index (κ2) is 8.12. The van der Waals surface area contributed by atoms with Gasteiger partial charge in [0.2, 0.25) is 0 Å². The topological polar surface area (TPSA) is 24.1 Å². The normalized spacial score (nSPS) is 17.8. The van der Waals surface area contributed by atoms with Crippen molar-refractivity contribution >= 4 is 0 Å². The third-order valence-electron chi connectivity index (χ3n) is 3.12. The maximum absolute atomic E-state index is 3.65. The first-order valence-corrected chi connectivity index (χ1v) is 6.73. The average molecular weight is 212 g/mol. The van der Waals surface area contributed by atoms with Gasteiger partial charge in [-0.25, -0.2) is 0 Å². The Morgan fingerprint density at radius 2 is 1.73 bits per heavy atom. The molecule has 2 nitrogen and oxygen atoms in total. The molecule has 1 aliphatic carbocycles. The molecule has 0 heterocycles. The van der Waals surface area contributed by atoms with Crippen molar-refractivity contribution in [3.63, 3.8) is 0 Å². The quantitative estimate of drug-likeness (QED) is 0.604. The molecule has 0 atom stereocenters. The highest BCUT2D eigenvalue weighted by Crippen LogP contribution is 2.17. The van der Waals surface area contributed by atoms with Crippen LogP contribution in [0, 0.1) is 5.92 Å². The number of unbranched alkanes of at least 4 members (excludes halogenated alkanes) is 1. The summed E-state index contributed by atoms with van der Waals surface area (Å²) in [5.41, 5.74) is 0. The van der Waals surface area contributed by atoms with E-state index in [1.807, 2.05) is 0 Å². The van der Waals surface area contributed by atoms with Crippen LogP contribution in [0.3, 0.4) is 0 Å².